The molecule has 0 aliphatic heterocycles. The Kier molecular flexibility index (Phi) is 8.64. The van der Waals surface area contributed by atoms with Gasteiger partial charge in [-0.15, -0.1) is 11.3 Å². The normalized spacial score (nSPS) is 11.3. The lowest BCUT2D eigenvalue weighted by molar-refractivity contribution is 0.250. The molecule has 0 aliphatic rings. The molecule has 0 aliphatic carbocycles. The zero-order chi connectivity index (χ0) is 19.5. The average Bonchev–Trinajstić information content (AvgIpc) is 3.13. The third kappa shape index (κ3) is 8.13. The number of carbonyl (C=O) groups excluding carboxylic acids is 1. The summed E-state index contributed by atoms with van der Waals surface area (Å²) in [6.07, 6.45) is 0.987. The van der Waals surface area contributed by atoms with Gasteiger partial charge in [-0.1, -0.05) is 18.2 Å². The zero-order valence-electron chi connectivity index (χ0n) is 16.2. The van der Waals surface area contributed by atoms with Gasteiger partial charge in [-0.25, -0.2) is 9.79 Å². The van der Waals surface area contributed by atoms with E-state index in [0.29, 0.717) is 6.54 Å². The molecule has 0 radical (unpaired) electrons. The summed E-state index contributed by atoms with van der Waals surface area (Å²) in [6.45, 7) is 8.15. The highest BCUT2D eigenvalue weighted by molar-refractivity contribution is 7.09. The summed E-state index contributed by atoms with van der Waals surface area (Å²) in [4.78, 5) is 17.7. The van der Waals surface area contributed by atoms with Crippen molar-refractivity contribution >= 4 is 29.0 Å². The van der Waals surface area contributed by atoms with Gasteiger partial charge < -0.3 is 21.3 Å². The summed E-state index contributed by atoms with van der Waals surface area (Å²) >= 11 is 1.77. The quantitative estimate of drug-likeness (QED) is 0.413. The monoisotopic (exact) mass is 387 g/mol. The lowest BCUT2D eigenvalue weighted by Crippen LogP contribution is -2.38. The predicted octanol–water partition coefficient (Wildman–Crippen LogP) is 3.58. The van der Waals surface area contributed by atoms with E-state index in [9.17, 15) is 4.79 Å². The SMILES string of the molecule is CCNC(=NCc1ccc(NC(=O)NC(C)C)cc1)NCCc1cccs1. The Balaban J connectivity index is 1.84. The van der Waals surface area contributed by atoms with E-state index in [2.05, 4.69) is 50.7 Å². The smallest absolute Gasteiger partial charge is 0.319 e. The second kappa shape index (κ2) is 11.2. The van der Waals surface area contributed by atoms with Crippen molar-refractivity contribution in [1.82, 2.24) is 16.0 Å². The molecule has 2 amide bonds. The third-order valence-electron chi connectivity index (χ3n) is 3.64. The third-order valence-corrected chi connectivity index (χ3v) is 4.58. The Bertz CT molecular complexity index is 710. The van der Waals surface area contributed by atoms with Crippen LogP contribution < -0.4 is 21.3 Å². The van der Waals surface area contributed by atoms with Crippen LogP contribution in [0.15, 0.2) is 46.8 Å². The van der Waals surface area contributed by atoms with Gasteiger partial charge in [0.1, 0.15) is 0 Å². The number of carbonyl (C=O) groups is 1. The van der Waals surface area contributed by atoms with Crippen molar-refractivity contribution < 1.29 is 4.79 Å². The van der Waals surface area contributed by atoms with E-state index in [4.69, 9.17) is 0 Å². The molecule has 27 heavy (non-hydrogen) atoms. The van der Waals surface area contributed by atoms with E-state index in [1.807, 2.05) is 38.1 Å². The summed E-state index contributed by atoms with van der Waals surface area (Å²) in [5.41, 5.74) is 1.85. The van der Waals surface area contributed by atoms with Crippen molar-refractivity contribution in [3.8, 4) is 0 Å². The molecule has 2 rings (SSSR count). The second-order valence-electron chi connectivity index (χ2n) is 6.40. The molecule has 2 aromatic rings. The lowest BCUT2D eigenvalue weighted by atomic mass is 10.2. The molecule has 1 aromatic heterocycles. The van der Waals surface area contributed by atoms with Gasteiger partial charge in [-0.2, -0.15) is 0 Å². The van der Waals surface area contributed by atoms with Crippen molar-refractivity contribution in [2.75, 3.05) is 18.4 Å². The highest BCUT2D eigenvalue weighted by Gasteiger charge is 2.03. The number of nitrogens with zero attached hydrogens (tertiary/aromatic N) is 1. The molecule has 0 bridgehead atoms. The van der Waals surface area contributed by atoms with Crippen LogP contribution in [0.2, 0.25) is 0 Å². The molecule has 0 saturated carbocycles. The van der Waals surface area contributed by atoms with Crippen LogP contribution in [-0.2, 0) is 13.0 Å². The predicted molar refractivity (Wildman–Crippen MR) is 115 cm³/mol. The molecular weight excluding hydrogens is 358 g/mol. The van der Waals surface area contributed by atoms with Gasteiger partial charge in [0.2, 0.25) is 0 Å². The van der Waals surface area contributed by atoms with Gasteiger partial charge in [0.05, 0.1) is 6.54 Å². The number of hydrogen-bond donors (Lipinski definition) is 4. The fourth-order valence-electron chi connectivity index (χ4n) is 2.39. The Morgan fingerprint density at radius 1 is 1.15 bits per heavy atom. The Hall–Kier alpha value is -2.54. The minimum absolute atomic E-state index is 0.107. The van der Waals surface area contributed by atoms with Crippen molar-refractivity contribution in [2.24, 2.45) is 4.99 Å². The van der Waals surface area contributed by atoms with Gasteiger partial charge in [-0.05, 0) is 56.3 Å². The largest absolute Gasteiger partial charge is 0.357 e. The number of aliphatic imine (C=N–C) groups is 1. The first kappa shape index (κ1) is 20.8. The molecule has 0 unspecified atom stereocenters. The van der Waals surface area contributed by atoms with Crippen LogP contribution in [0, 0.1) is 0 Å². The van der Waals surface area contributed by atoms with E-state index in [1.54, 1.807) is 11.3 Å². The van der Waals surface area contributed by atoms with Crippen LogP contribution in [-0.4, -0.2) is 31.1 Å². The second-order valence-corrected chi connectivity index (χ2v) is 7.43. The summed E-state index contributed by atoms with van der Waals surface area (Å²) in [6, 6.07) is 11.9. The lowest BCUT2D eigenvalue weighted by Gasteiger charge is -2.11. The van der Waals surface area contributed by atoms with Crippen LogP contribution >= 0.6 is 11.3 Å². The topological polar surface area (TPSA) is 77.5 Å². The highest BCUT2D eigenvalue weighted by Crippen LogP contribution is 2.11. The maximum absolute atomic E-state index is 11.7. The average molecular weight is 388 g/mol. The molecule has 7 heteroatoms. The Morgan fingerprint density at radius 2 is 1.93 bits per heavy atom. The molecule has 4 N–H and O–H groups in total. The van der Waals surface area contributed by atoms with Crippen LogP contribution in [0.5, 0.6) is 0 Å². The molecule has 0 saturated heterocycles. The number of benzene rings is 1. The number of urea groups is 1. The van der Waals surface area contributed by atoms with Crippen molar-refractivity contribution in [3.05, 3.63) is 52.2 Å². The standard InChI is InChI=1S/C20H29N5OS/c1-4-21-19(22-12-11-18-6-5-13-27-18)23-14-16-7-9-17(10-8-16)25-20(26)24-15(2)3/h5-10,13,15H,4,11-12,14H2,1-3H3,(H2,21,22,23)(H2,24,25,26). The van der Waals surface area contributed by atoms with E-state index >= 15 is 0 Å². The van der Waals surface area contributed by atoms with Crippen LogP contribution in [0.1, 0.15) is 31.2 Å². The van der Waals surface area contributed by atoms with E-state index < -0.39 is 0 Å². The first-order valence-electron chi connectivity index (χ1n) is 9.28. The molecule has 0 fully saturated rings. The van der Waals surface area contributed by atoms with Crippen LogP contribution in [0.3, 0.4) is 0 Å². The molecule has 146 valence electrons. The van der Waals surface area contributed by atoms with Crippen molar-refractivity contribution in [3.63, 3.8) is 0 Å². The number of anilines is 1. The molecule has 1 heterocycles. The van der Waals surface area contributed by atoms with E-state index in [0.717, 1.165) is 36.7 Å². The Morgan fingerprint density at radius 3 is 2.56 bits per heavy atom. The summed E-state index contributed by atoms with van der Waals surface area (Å²) in [7, 11) is 0. The zero-order valence-corrected chi connectivity index (χ0v) is 17.0. The number of hydrogen-bond acceptors (Lipinski definition) is 3. The van der Waals surface area contributed by atoms with Crippen molar-refractivity contribution in [1.29, 1.82) is 0 Å². The number of amides is 2. The maximum atomic E-state index is 11.7. The molecular formula is C20H29N5OS. The maximum Gasteiger partial charge on any atom is 0.319 e. The number of nitrogens with one attached hydrogen (secondary N) is 4. The van der Waals surface area contributed by atoms with E-state index in [1.165, 1.54) is 4.88 Å². The minimum Gasteiger partial charge on any atom is -0.357 e. The van der Waals surface area contributed by atoms with Crippen LogP contribution in [0.4, 0.5) is 10.5 Å². The number of thiophene rings is 1. The Labute approximate surface area is 165 Å². The van der Waals surface area contributed by atoms with Gasteiger partial charge in [-0.3, -0.25) is 0 Å². The first-order valence-corrected chi connectivity index (χ1v) is 10.2. The summed E-state index contributed by atoms with van der Waals surface area (Å²) in [5, 5.41) is 14.3. The first-order chi connectivity index (χ1) is 13.1. The van der Waals surface area contributed by atoms with Crippen LogP contribution in [0.25, 0.3) is 0 Å². The molecule has 0 spiro atoms. The minimum atomic E-state index is -0.194. The van der Waals surface area contributed by atoms with Gasteiger partial charge in [0.15, 0.2) is 5.96 Å². The fourth-order valence-corrected chi connectivity index (χ4v) is 3.10. The van der Waals surface area contributed by atoms with Gasteiger partial charge in [0.25, 0.3) is 0 Å². The number of rotatable bonds is 8. The highest BCUT2D eigenvalue weighted by atomic mass is 32.1. The fraction of sp³-hybridized carbons (Fsp3) is 0.400. The molecule has 0 atom stereocenters. The number of guanidine groups is 1. The summed E-state index contributed by atoms with van der Waals surface area (Å²) < 4.78 is 0. The summed E-state index contributed by atoms with van der Waals surface area (Å²) in [5.74, 6) is 0.813. The van der Waals surface area contributed by atoms with Gasteiger partial charge in [0, 0.05) is 29.7 Å². The molecule has 6 nitrogen and oxygen atoms in total. The molecule has 1 aromatic carbocycles. The van der Waals surface area contributed by atoms with Gasteiger partial charge >= 0.3 is 6.03 Å². The van der Waals surface area contributed by atoms with Crippen molar-refractivity contribution in [2.45, 2.75) is 39.8 Å². The van der Waals surface area contributed by atoms with E-state index in [-0.39, 0.29) is 12.1 Å².